The van der Waals surface area contributed by atoms with Crippen LogP contribution in [-0.4, -0.2) is 57.7 Å². The molecule has 3 aromatic rings. The van der Waals surface area contributed by atoms with E-state index in [0.717, 1.165) is 70.9 Å². The Hall–Kier alpha value is -2.03. The van der Waals surface area contributed by atoms with Crippen molar-refractivity contribution in [3.63, 3.8) is 0 Å². The van der Waals surface area contributed by atoms with E-state index in [1.807, 2.05) is 16.8 Å². The summed E-state index contributed by atoms with van der Waals surface area (Å²) in [6.07, 6.45) is 14.1. The Morgan fingerprint density at radius 2 is 1.89 bits per heavy atom. The van der Waals surface area contributed by atoms with Crippen LogP contribution in [0.15, 0.2) is 41.3 Å². The van der Waals surface area contributed by atoms with Gasteiger partial charge in [0.05, 0.1) is 10.7 Å². The van der Waals surface area contributed by atoms with Gasteiger partial charge in [0.1, 0.15) is 5.82 Å². The van der Waals surface area contributed by atoms with E-state index in [1.54, 1.807) is 12.4 Å². The highest BCUT2D eigenvalue weighted by Gasteiger charge is 2.26. The molecule has 0 spiro atoms. The van der Waals surface area contributed by atoms with E-state index < -0.39 is 0 Å². The Morgan fingerprint density at radius 1 is 1.14 bits per heavy atom. The first-order chi connectivity index (χ1) is 17.9. The van der Waals surface area contributed by atoms with Gasteiger partial charge < -0.3 is 15.5 Å². The van der Waals surface area contributed by atoms with Crippen molar-refractivity contribution in [2.24, 2.45) is 5.92 Å². The maximum atomic E-state index is 4.89. The number of nitrogens with zero attached hydrogens (tertiary/aromatic N) is 5. The lowest BCUT2D eigenvalue weighted by molar-refractivity contribution is 0.166. The van der Waals surface area contributed by atoms with Gasteiger partial charge in [-0.1, -0.05) is 39.7 Å². The van der Waals surface area contributed by atoms with Gasteiger partial charge in [0, 0.05) is 48.7 Å². The molecule has 0 aliphatic heterocycles. The van der Waals surface area contributed by atoms with Gasteiger partial charge >= 0.3 is 0 Å². The van der Waals surface area contributed by atoms with Crippen LogP contribution < -0.4 is 10.6 Å². The van der Waals surface area contributed by atoms with E-state index in [4.69, 9.17) is 4.98 Å². The number of halogens is 1. The first-order valence-corrected chi connectivity index (χ1v) is 14.7. The van der Waals surface area contributed by atoms with Crippen molar-refractivity contribution in [2.75, 3.05) is 26.5 Å². The van der Waals surface area contributed by atoms with Crippen molar-refractivity contribution in [3.05, 3.63) is 52.5 Å². The predicted octanol–water partition coefficient (Wildman–Crippen LogP) is 6.51. The van der Waals surface area contributed by atoms with Crippen LogP contribution in [0.25, 0.3) is 5.65 Å². The van der Waals surface area contributed by atoms with Crippen LogP contribution in [0.2, 0.25) is 0 Å². The number of anilines is 1. The first-order valence-electron chi connectivity index (χ1n) is 13.9. The second-order valence-electron chi connectivity index (χ2n) is 10.7. The van der Waals surface area contributed by atoms with Gasteiger partial charge in [-0.15, -0.1) is 0 Å². The Labute approximate surface area is 232 Å². The molecular weight excluding hydrogens is 526 g/mol. The van der Waals surface area contributed by atoms with Gasteiger partial charge in [0.25, 0.3) is 0 Å². The lowest BCUT2D eigenvalue weighted by Gasteiger charge is -2.36. The fourth-order valence-electron chi connectivity index (χ4n) is 5.35. The lowest BCUT2D eigenvalue weighted by atomic mass is 9.83. The fourth-order valence-corrected chi connectivity index (χ4v) is 5.70. The Kier molecular flexibility index (Phi) is 11.8. The van der Waals surface area contributed by atoms with E-state index in [1.165, 1.54) is 19.3 Å². The summed E-state index contributed by atoms with van der Waals surface area (Å²) in [5.41, 5.74) is 3.15. The molecule has 37 heavy (non-hydrogen) atoms. The molecule has 1 fully saturated rings. The average molecular weight is 573 g/mol. The minimum absolute atomic E-state index is 0.487. The molecule has 3 heterocycles. The molecule has 1 aliphatic rings. The van der Waals surface area contributed by atoms with Gasteiger partial charge in [-0.3, -0.25) is 4.98 Å². The zero-order valence-corrected chi connectivity index (χ0v) is 25.1. The Balaban J connectivity index is 0.000000266. The third kappa shape index (κ3) is 8.48. The monoisotopic (exact) mass is 571 g/mol. The van der Waals surface area contributed by atoms with E-state index >= 15 is 0 Å². The van der Waals surface area contributed by atoms with Crippen LogP contribution in [0.4, 0.5) is 5.82 Å². The van der Waals surface area contributed by atoms with Crippen LogP contribution in [0.1, 0.15) is 82.9 Å². The molecule has 3 atom stereocenters. The van der Waals surface area contributed by atoms with Gasteiger partial charge in [-0.25, -0.2) is 4.98 Å². The summed E-state index contributed by atoms with van der Waals surface area (Å²) in [5.74, 6) is 2.33. The highest BCUT2D eigenvalue weighted by atomic mass is 79.9. The van der Waals surface area contributed by atoms with Crippen molar-refractivity contribution in [2.45, 2.75) is 90.3 Å². The normalized spacial score (nSPS) is 19.8. The highest BCUT2D eigenvalue weighted by Crippen LogP contribution is 2.29. The van der Waals surface area contributed by atoms with Crippen molar-refractivity contribution in [3.8, 4) is 0 Å². The summed E-state index contributed by atoms with van der Waals surface area (Å²) in [6, 6.07) is 7.69. The number of rotatable bonds is 10. The maximum absolute atomic E-state index is 4.89. The van der Waals surface area contributed by atoms with Crippen LogP contribution in [0.5, 0.6) is 0 Å². The minimum atomic E-state index is 0.487. The summed E-state index contributed by atoms with van der Waals surface area (Å²) in [4.78, 5) is 11.4. The third-order valence-corrected chi connectivity index (χ3v) is 7.95. The maximum Gasteiger partial charge on any atom is 0.171 e. The molecule has 8 heteroatoms. The van der Waals surface area contributed by atoms with Crippen LogP contribution >= 0.6 is 15.9 Å². The number of nitrogens with one attached hydrogen (secondary N) is 2. The quantitative estimate of drug-likeness (QED) is 0.289. The molecule has 0 amide bonds. The van der Waals surface area contributed by atoms with E-state index in [2.05, 4.69) is 95.6 Å². The van der Waals surface area contributed by atoms with Crippen molar-refractivity contribution in [1.29, 1.82) is 0 Å². The molecule has 1 aliphatic carbocycles. The summed E-state index contributed by atoms with van der Waals surface area (Å²) in [6.45, 7) is 7.53. The fraction of sp³-hybridized carbons (Fsp3) is 0.621. The molecule has 0 aromatic carbocycles. The van der Waals surface area contributed by atoms with Gasteiger partial charge in [0.2, 0.25) is 0 Å². The van der Waals surface area contributed by atoms with Crippen LogP contribution in [0, 0.1) is 5.92 Å². The summed E-state index contributed by atoms with van der Waals surface area (Å²) < 4.78 is 2.78. The molecule has 2 N–H and O–H groups in total. The molecule has 0 bridgehead atoms. The molecule has 0 saturated heterocycles. The van der Waals surface area contributed by atoms with Crippen molar-refractivity contribution < 1.29 is 0 Å². The second-order valence-corrected chi connectivity index (χ2v) is 11.6. The number of hydrogen-bond acceptors (Lipinski definition) is 6. The second kappa shape index (κ2) is 14.8. The molecule has 4 rings (SSSR count). The number of hydrogen-bond donors (Lipinski definition) is 2. The summed E-state index contributed by atoms with van der Waals surface area (Å²) in [5, 5.41) is 11.3. The summed E-state index contributed by atoms with van der Waals surface area (Å²) in [7, 11) is 6.46. The number of aromatic nitrogens is 4. The summed E-state index contributed by atoms with van der Waals surface area (Å²) >= 11 is 3.57. The topological polar surface area (TPSA) is 70.4 Å². The van der Waals surface area contributed by atoms with E-state index in [9.17, 15) is 0 Å². The SMILES string of the molecule is CCCC(CCC)c1cc(NCc2cccnc2)n2ncc(Br)c2n1.CNC1CC(C)CC(N(C)C)C1. The molecule has 1 saturated carbocycles. The molecule has 7 nitrogen and oxygen atoms in total. The first kappa shape index (κ1) is 29.5. The molecule has 3 aromatic heterocycles. The zero-order valence-electron chi connectivity index (χ0n) is 23.5. The van der Waals surface area contributed by atoms with E-state index in [0.29, 0.717) is 12.5 Å². The zero-order chi connectivity index (χ0) is 26.8. The van der Waals surface area contributed by atoms with Crippen LogP contribution in [0.3, 0.4) is 0 Å². The molecule has 0 radical (unpaired) electrons. The van der Waals surface area contributed by atoms with Gasteiger partial charge in [-0.2, -0.15) is 9.61 Å². The average Bonchev–Trinajstić information content (AvgIpc) is 3.28. The number of fused-ring (bicyclic) bond motifs is 1. The molecule has 3 unspecified atom stereocenters. The molecular formula is C29H46BrN7. The minimum Gasteiger partial charge on any atom is -0.366 e. The van der Waals surface area contributed by atoms with Crippen molar-refractivity contribution >= 4 is 27.4 Å². The van der Waals surface area contributed by atoms with Gasteiger partial charge in [-0.05, 0) is 86.7 Å². The lowest BCUT2D eigenvalue weighted by Crippen LogP contribution is -2.42. The smallest absolute Gasteiger partial charge is 0.171 e. The standard InChI is InChI=1S/C19H24BrN5.C10H22N2/c1-3-6-15(7-4-2)17-10-18(22-12-14-8-5-9-21-11-14)25-19(24-17)16(20)13-23-25;1-8-5-9(11-2)7-10(6-8)12(3)4/h5,8-11,13,15,22H,3-4,6-7,12H2,1-2H3;8-11H,5-7H2,1-4H3. The third-order valence-electron chi connectivity index (χ3n) is 7.39. The van der Waals surface area contributed by atoms with Gasteiger partial charge in [0.15, 0.2) is 5.65 Å². The molecule has 204 valence electrons. The predicted molar refractivity (Wildman–Crippen MR) is 158 cm³/mol. The number of pyridine rings is 1. The van der Waals surface area contributed by atoms with Crippen molar-refractivity contribution in [1.82, 2.24) is 29.8 Å². The Morgan fingerprint density at radius 3 is 2.51 bits per heavy atom. The largest absolute Gasteiger partial charge is 0.366 e. The van der Waals surface area contributed by atoms with Crippen LogP contribution in [-0.2, 0) is 6.54 Å². The Bertz CT molecular complexity index is 1060. The van der Waals surface area contributed by atoms with E-state index in [-0.39, 0.29) is 0 Å². The highest BCUT2D eigenvalue weighted by molar-refractivity contribution is 9.10.